The van der Waals surface area contributed by atoms with E-state index in [1.54, 1.807) is 0 Å². The fraction of sp³-hybridized carbons (Fsp3) is 0.0833. The summed E-state index contributed by atoms with van der Waals surface area (Å²) in [5.74, 6) is 0. The first-order valence-electron chi connectivity index (χ1n) is 8.73. The lowest BCUT2D eigenvalue weighted by atomic mass is 10.0. The number of hydrogen-bond acceptors (Lipinski definition) is 2. The SMILES string of the molecule is C=C(Cc1ccc(N(c2ccccc2)c2ccccc2)cc1)C(=C)NC. The van der Waals surface area contributed by atoms with Crippen LogP contribution in [0.3, 0.4) is 0 Å². The molecule has 2 nitrogen and oxygen atoms in total. The molecular formula is C24H24N2. The van der Waals surface area contributed by atoms with Crippen LogP contribution in [0.4, 0.5) is 17.1 Å². The fourth-order valence-corrected chi connectivity index (χ4v) is 2.89. The van der Waals surface area contributed by atoms with Gasteiger partial charge in [0.2, 0.25) is 0 Å². The van der Waals surface area contributed by atoms with Gasteiger partial charge >= 0.3 is 0 Å². The summed E-state index contributed by atoms with van der Waals surface area (Å²) in [7, 11) is 1.87. The van der Waals surface area contributed by atoms with Crippen LogP contribution in [0.2, 0.25) is 0 Å². The first-order valence-corrected chi connectivity index (χ1v) is 8.73. The molecule has 0 aliphatic rings. The maximum absolute atomic E-state index is 4.10. The summed E-state index contributed by atoms with van der Waals surface area (Å²) in [4.78, 5) is 2.26. The van der Waals surface area contributed by atoms with Crippen molar-refractivity contribution in [2.45, 2.75) is 6.42 Å². The molecule has 0 aliphatic heterocycles. The summed E-state index contributed by atoms with van der Waals surface area (Å²) in [5, 5.41) is 3.06. The largest absolute Gasteiger partial charge is 0.388 e. The van der Waals surface area contributed by atoms with Crippen LogP contribution in [-0.4, -0.2) is 7.05 Å². The standard InChI is InChI=1S/C24H24N2/c1-19(20(2)25-3)18-21-14-16-24(17-15-21)26(22-10-6-4-7-11-22)23-12-8-5-9-13-23/h4-17,25H,1-2,18H2,3H3. The van der Waals surface area contributed by atoms with Gasteiger partial charge in [-0.25, -0.2) is 0 Å². The Morgan fingerprint density at radius 3 is 1.65 bits per heavy atom. The number of allylic oxidation sites excluding steroid dienone is 1. The van der Waals surface area contributed by atoms with E-state index in [2.05, 4.69) is 96.2 Å². The van der Waals surface area contributed by atoms with Crippen molar-refractivity contribution >= 4 is 17.1 Å². The molecule has 0 saturated carbocycles. The highest BCUT2D eigenvalue weighted by Crippen LogP contribution is 2.34. The summed E-state index contributed by atoms with van der Waals surface area (Å²) in [5.41, 5.74) is 6.51. The lowest BCUT2D eigenvalue weighted by Crippen LogP contribution is -2.10. The maximum atomic E-state index is 4.10. The van der Waals surface area contributed by atoms with Crippen LogP contribution in [0, 0.1) is 0 Å². The molecule has 0 heterocycles. The van der Waals surface area contributed by atoms with Crippen molar-refractivity contribution in [1.82, 2.24) is 5.32 Å². The van der Waals surface area contributed by atoms with Crippen LogP contribution in [0.1, 0.15) is 5.56 Å². The molecule has 0 aromatic heterocycles. The molecule has 0 saturated heterocycles. The summed E-state index contributed by atoms with van der Waals surface area (Å²) >= 11 is 0. The van der Waals surface area contributed by atoms with Gasteiger partial charge in [0, 0.05) is 29.8 Å². The topological polar surface area (TPSA) is 15.3 Å². The minimum Gasteiger partial charge on any atom is -0.388 e. The number of likely N-dealkylation sites (N-methyl/N-ethyl adjacent to an activating group) is 1. The summed E-state index contributed by atoms with van der Waals surface area (Å²) in [6.07, 6.45) is 0.788. The molecule has 3 rings (SSSR count). The van der Waals surface area contributed by atoms with E-state index < -0.39 is 0 Å². The lowest BCUT2D eigenvalue weighted by molar-refractivity contribution is 0.977. The van der Waals surface area contributed by atoms with Crippen molar-refractivity contribution in [1.29, 1.82) is 0 Å². The number of rotatable bonds is 7. The Morgan fingerprint density at radius 1 is 0.731 bits per heavy atom. The predicted octanol–water partition coefficient (Wildman–Crippen LogP) is 5.99. The molecule has 0 unspecified atom stereocenters. The highest BCUT2D eigenvalue weighted by Gasteiger charge is 2.11. The molecule has 1 N–H and O–H groups in total. The van der Waals surface area contributed by atoms with Crippen LogP contribution in [0.5, 0.6) is 0 Å². The summed E-state index contributed by atoms with van der Waals surface area (Å²) in [6, 6.07) is 29.4. The molecule has 0 spiro atoms. The molecule has 0 bridgehead atoms. The Bertz CT molecular complexity index is 826. The minimum atomic E-state index is 0.788. The van der Waals surface area contributed by atoms with Crippen LogP contribution < -0.4 is 10.2 Å². The molecule has 0 aliphatic carbocycles. The second kappa shape index (κ2) is 8.21. The zero-order chi connectivity index (χ0) is 18.4. The van der Waals surface area contributed by atoms with Crippen molar-refractivity contribution < 1.29 is 0 Å². The van der Waals surface area contributed by atoms with E-state index >= 15 is 0 Å². The Balaban J connectivity index is 1.91. The van der Waals surface area contributed by atoms with E-state index in [4.69, 9.17) is 0 Å². The zero-order valence-corrected chi connectivity index (χ0v) is 15.2. The Morgan fingerprint density at radius 2 is 1.19 bits per heavy atom. The normalized spacial score (nSPS) is 10.2. The third-order valence-electron chi connectivity index (χ3n) is 4.37. The molecule has 0 radical (unpaired) electrons. The van der Waals surface area contributed by atoms with Crippen molar-refractivity contribution in [2.24, 2.45) is 0 Å². The number of nitrogens with one attached hydrogen (secondary N) is 1. The predicted molar refractivity (Wildman–Crippen MR) is 112 cm³/mol. The van der Waals surface area contributed by atoms with E-state index in [1.165, 1.54) is 5.56 Å². The van der Waals surface area contributed by atoms with Gasteiger partial charge in [-0.1, -0.05) is 61.7 Å². The van der Waals surface area contributed by atoms with Gasteiger partial charge < -0.3 is 10.2 Å². The van der Waals surface area contributed by atoms with E-state index in [0.717, 1.165) is 34.8 Å². The van der Waals surface area contributed by atoms with Gasteiger partial charge in [-0.3, -0.25) is 0 Å². The van der Waals surface area contributed by atoms with E-state index in [9.17, 15) is 0 Å². The van der Waals surface area contributed by atoms with Gasteiger partial charge in [0.1, 0.15) is 0 Å². The number of anilines is 3. The second-order valence-corrected chi connectivity index (χ2v) is 6.18. The molecule has 3 aromatic rings. The Hall–Kier alpha value is -3.26. The average molecular weight is 340 g/mol. The molecule has 2 heteroatoms. The third-order valence-corrected chi connectivity index (χ3v) is 4.37. The Labute approximate surface area is 156 Å². The van der Waals surface area contributed by atoms with Gasteiger partial charge in [-0.05, 0) is 54.0 Å². The number of hydrogen-bond donors (Lipinski definition) is 1. The average Bonchev–Trinajstić information content (AvgIpc) is 2.70. The van der Waals surface area contributed by atoms with Gasteiger partial charge in [-0.2, -0.15) is 0 Å². The highest BCUT2D eigenvalue weighted by atomic mass is 15.1. The quantitative estimate of drug-likeness (QED) is 0.532. The second-order valence-electron chi connectivity index (χ2n) is 6.18. The van der Waals surface area contributed by atoms with Crippen molar-refractivity contribution in [2.75, 3.05) is 11.9 Å². The van der Waals surface area contributed by atoms with Gasteiger partial charge in [0.25, 0.3) is 0 Å². The molecule has 0 atom stereocenters. The van der Waals surface area contributed by atoms with Crippen LogP contribution in [0.15, 0.2) is 109 Å². The maximum Gasteiger partial charge on any atom is 0.0461 e. The fourth-order valence-electron chi connectivity index (χ4n) is 2.89. The van der Waals surface area contributed by atoms with Gasteiger partial charge in [0.15, 0.2) is 0 Å². The van der Waals surface area contributed by atoms with Crippen molar-refractivity contribution in [3.05, 3.63) is 115 Å². The van der Waals surface area contributed by atoms with Crippen molar-refractivity contribution in [3.63, 3.8) is 0 Å². The highest BCUT2D eigenvalue weighted by molar-refractivity contribution is 5.76. The molecule has 130 valence electrons. The van der Waals surface area contributed by atoms with Gasteiger partial charge in [-0.15, -0.1) is 0 Å². The minimum absolute atomic E-state index is 0.788. The number of benzene rings is 3. The first kappa shape index (κ1) is 17.6. The smallest absolute Gasteiger partial charge is 0.0461 e. The van der Waals surface area contributed by atoms with Crippen LogP contribution in [0.25, 0.3) is 0 Å². The third kappa shape index (κ3) is 4.04. The van der Waals surface area contributed by atoms with Crippen LogP contribution in [-0.2, 0) is 6.42 Å². The first-order chi connectivity index (χ1) is 12.7. The van der Waals surface area contributed by atoms with E-state index in [1.807, 2.05) is 19.2 Å². The molecule has 0 fully saturated rings. The molecule has 0 amide bonds. The summed E-state index contributed by atoms with van der Waals surface area (Å²) in [6.45, 7) is 8.08. The monoisotopic (exact) mass is 340 g/mol. The molecular weight excluding hydrogens is 316 g/mol. The molecule has 3 aromatic carbocycles. The zero-order valence-electron chi connectivity index (χ0n) is 15.2. The molecule has 26 heavy (non-hydrogen) atoms. The van der Waals surface area contributed by atoms with E-state index in [0.29, 0.717) is 0 Å². The number of nitrogens with zero attached hydrogens (tertiary/aromatic N) is 1. The van der Waals surface area contributed by atoms with Crippen molar-refractivity contribution in [3.8, 4) is 0 Å². The summed E-state index contributed by atoms with van der Waals surface area (Å²) < 4.78 is 0. The Kier molecular flexibility index (Phi) is 5.55. The lowest BCUT2D eigenvalue weighted by Gasteiger charge is -2.25. The van der Waals surface area contributed by atoms with E-state index in [-0.39, 0.29) is 0 Å². The van der Waals surface area contributed by atoms with Crippen LogP contribution >= 0.6 is 0 Å². The van der Waals surface area contributed by atoms with Gasteiger partial charge in [0.05, 0.1) is 0 Å². The number of para-hydroxylation sites is 2.